The number of rotatable bonds is 8. The first-order chi connectivity index (χ1) is 26.1. The average molecular weight is 703 g/mol. The monoisotopic (exact) mass is 702 g/mol. The Morgan fingerprint density at radius 2 is 1.19 bits per heavy atom. The van der Waals surface area contributed by atoms with Crippen molar-refractivity contribution in [2.24, 2.45) is 5.41 Å². The van der Waals surface area contributed by atoms with E-state index in [1.165, 1.54) is 0 Å². The summed E-state index contributed by atoms with van der Waals surface area (Å²) in [6, 6.07) is 44.0. The van der Waals surface area contributed by atoms with Crippen LogP contribution in [0.3, 0.4) is 0 Å². The van der Waals surface area contributed by atoms with Gasteiger partial charge in [0.15, 0.2) is 17.5 Å². The standard InChI is InChI=1S/C48H43BN4O/c1-7-8-18-33-25-26-40-41(34-19-12-9-13-20-34)30-42(50-43(40)32(33)2)37-27-38(29-39(28-37)49-31-47(3,4)48(5,6)54-49)46-52-44(35-21-14-10-15-22-35)51-45(53-46)36-23-16-11-17-24-36/h7-30H,1,31H2,2-6H3/b18-8-. The van der Waals surface area contributed by atoms with E-state index >= 15 is 0 Å². The molecule has 1 aliphatic rings. The minimum atomic E-state index is -0.309. The summed E-state index contributed by atoms with van der Waals surface area (Å²) in [5.41, 5.74) is 10.8. The van der Waals surface area contributed by atoms with Gasteiger partial charge in [0.2, 0.25) is 0 Å². The molecule has 54 heavy (non-hydrogen) atoms. The van der Waals surface area contributed by atoms with Crippen molar-refractivity contribution in [1.82, 2.24) is 19.9 Å². The number of aryl methyl sites for hydroxylation is 1. The van der Waals surface area contributed by atoms with Gasteiger partial charge in [-0.2, -0.15) is 0 Å². The molecule has 0 unspecified atom stereocenters. The molecule has 3 heterocycles. The Bertz CT molecular complexity index is 2460. The van der Waals surface area contributed by atoms with E-state index in [1.54, 1.807) is 6.08 Å². The number of pyridine rings is 1. The maximum absolute atomic E-state index is 6.86. The third-order valence-electron chi connectivity index (χ3n) is 11.1. The Hall–Kier alpha value is -5.98. The van der Waals surface area contributed by atoms with Crippen LogP contribution in [0.25, 0.3) is 73.5 Å². The first-order valence-corrected chi connectivity index (χ1v) is 18.6. The molecule has 5 aromatic carbocycles. The summed E-state index contributed by atoms with van der Waals surface area (Å²) in [4.78, 5) is 20.7. The zero-order valence-corrected chi connectivity index (χ0v) is 31.5. The quantitative estimate of drug-likeness (QED) is 0.117. The van der Waals surface area contributed by atoms with Gasteiger partial charge in [0.25, 0.3) is 0 Å². The molecular formula is C48H43BN4O. The highest BCUT2D eigenvalue weighted by Gasteiger charge is 2.50. The van der Waals surface area contributed by atoms with Crippen molar-refractivity contribution in [2.45, 2.75) is 46.5 Å². The van der Waals surface area contributed by atoms with Gasteiger partial charge in [0.05, 0.1) is 16.8 Å². The van der Waals surface area contributed by atoms with Crippen LogP contribution in [0, 0.1) is 12.3 Å². The largest absolute Gasteiger partial charge is 0.426 e. The van der Waals surface area contributed by atoms with E-state index in [0.29, 0.717) is 17.5 Å². The molecule has 5 nitrogen and oxygen atoms in total. The van der Waals surface area contributed by atoms with Crippen LogP contribution in [0.15, 0.2) is 146 Å². The van der Waals surface area contributed by atoms with Gasteiger partial charge in [-0.1, -0.05) is 154 Å². The van der Waals surface area contributed by atoms with Crippen LogP contribution in [0.2, 0.25) is 6.32 Å². The molecule has 7 aromatic rings. The third kappa shape index (κ3) is 6.70. The van der Waals surface area contributed by atoms with Crippen LogP contribution in [-0.4, -0.2) is 32.5 Å². The molecule has 0 atom stereocenters. The number of hydrogen-bond acceptors (Lipinski definition) is 5. The van der Waals surface area contributed by atoms with E-state index in [0.717, 1.165) is 72.9 Å². The van der Waals surface area contributed by atoms with E-state index in [2.05, 4.69) is 114 Å². The van der Waals surface area contributed by atoms with Crippen LogP contribution in [-0.2, 0) is 4.65 Å². The molecule has 264 valence electrons. The second-order valence-corrected chi connectivity index (χ2v) is 15.3. The number of aromatic nitrogens is 4. The minimum absolute atomic E-state index is 0.0316. The van der Waals surface area contributed by atoms with Crippen molar-refractivity contribution in [3.63, 3.8) is 0 Å². The van der Waals surface area contributed by atoms with Crippen LogP contribution in [0.4, 0.5) is 0 Å². The molecule has 0 bridgehead atoms. The summed E-state index contributed by atoms with van der Waals surface area (Å²) in [7, 11) is 0. The molecule has 0 N–H and O–H groups in total. The molecule has 0 aliphatic carbocycles. The van der Waals surface area contributed by atoms with Crippen molar-refractivity contribution in [2.75, 3.05) is 0 Å². The molecule has 0 saturated carbocycles. The van der Waals surface area contributed by atoms with Gasteiger partial charge >= 0.3 is 6.92 Å². The Kier molecular flexibility index (Phi) is 9.16. The molecule has 0 spiro atoms. The second kappa shape index (κ2) is 14.1. The van der Waals surface area contributed by atoms with Gasteiger partial charge in [-0.25, -0.2) is 19.9 Å². The summed E-state index contributed by atoms with van der Waals surface area (Å²) >= 11 is 0. The van der Waals surface area contributed by atoms with Gasteiger partial charge in [0.1, 0.15) is 0 Å². The summed E-state index contributed by atoms with van der Waals surface area (Å²) in [6.07, 6.45) is 6.74. The first kappa shape index (κ1) is 35.1. The molecule has 1 aliphatic heterocycles. The van der Waals surface area contributed by atoms with Gasteiger partial charge in [-0.3, -0.25) is 0 Å². The van der Waals surface area contributed by atoms with E-state index in [-0.39, 0.29) is 17.9 Å². The average Bonchev–Trinajstić information content (AvgIpc) is 3.43. The normalized spacial score (nSPS) is 14.9. The number of benzene rings is 5. The zero-order chi connectivity index (χ0) is 37.5. The second-order valence-electron chi connectivity index (χ2n) is 15.3. The lowest BCUT2D eigenvalue weighted by atomic mass is 9.54. The van der Waals surface area contributed by atoms with Crippen molar-refractivity contribution < 1.29 is 4.65 Å². The van der Waals surface area contributed by atoms with Crippen molar-refractivity contribution in [1.29, 1.82) is 0 Å². The SMILES string of the molecule is C=C/C=C\c1ccc2c(-c3ccccc3)cc(-c3cc(B4CC(C)(C)C(C)(C)O4)cc(-c4nc(-c5ccccc5)nc(-c5ccccc5)n4)c3)nc2c1C. The molecule has 1 fully saturated rings. The molecule has 0 amide bonds. The van der Waals surface area contributed by atoms with Crippen molar-refractivity contribution >= 4 is 29.4 Å². The van der Waals surface area contributed by atoms with E-state index in [4.69, 9.17) is 24.6 Å². The predicted octanol–water partition coefficient (Wildman–Crippen LogP) is 11.3. The predicted molar refractivity (Wildman–Crippen MR) is 225 cm³/mol. The molecule has 6 heteroatoms. The number of hydrogen-bond donors (Lipinski definition) is 0. The fraction of sp³-hybridized carbons (Fsp3) is 0.167. The van der Waals surface area contributed by atoms with Gasteiger partial charge in [-0.15, -0.1) is 0 Å². The van der Waals surface area contributed by atoms with E-state index in [9.17, 15) is 0 Å². The fourth-order valence-corrected chi connectivity index (χ4v) is 7.31. The smallest absolute Gasteiger partial charge is 0.328 e. The Morgan fingerprint density at radius 1 is 0.630 bits per heavy atom. The van der Waals surface area contributed by atoms with Gasteiger partial charge < -0.3 is 4.65 Å². The summed E-state index contributed by atoms with van der Waals surface area (Å²) in [6.45, 7) is 14.9. The fourth-order valence-electron chi connectivity index (χ4n) is 7.31. The number of nitrogens with zero attached hydrogens (tertiary/aromatic N) is 4. The van der Waals surface area contributed by atoms with E-state index in [1.807, 2.05) is 66.7 Å². The lowest BCUT2D eigenvalue weighted by Crippen LogP contribution is -2.36. The topological polar surface area (TPSA) is 60.8 Å². The minimum Gasteiger partial charge on any atom is -0.426 e. The zero-order valence-electron chi connectivity index (χ0n) is 31.5. The van der Waals surface area contributed by atoms with Crippen molar-refractivity contribution in [3.05, 3.63) is 157 Å². The van der Waals surface area contributed by atoms with Gasteiger partial charge in [-0.05, 0) is 72.4 Å². The third-order valence-corrected chi connectivity index (χ3v) is 11.1. The Morgan fingerprint density at radius 3 is 1.74 bits per heavy atom. The van der Waals surface area contributed by atoms with Crippen LogP contribution in [0.1, 0.15) is 38.8 Å². The molecular weight excluding hydrogens is 659 g/mol. The van der Waals surface area contributed by atoms with Gasteiger partial charge in [0, 0.05) is 27.6 Å². The number of allylic oxidation sites excluding steroid dienone is 2. The molecule has 8 rings (SSSR count). The lowest BCUT2D eigenvalue weighted by molar-refractivity contribution is 0.0375. The van der Waals surface area contributed by atoms with Crippen LogP contribution < -0.4 is 5.46 Å². The Balaban J connectivity index is 1.39. The van der Waals surface area contributed by atoms with Crippen molar-refractivity contribution in [3.8, 4) is 56.5 Å². The highest BCUT2D eigenvalue weighted by molar-refractivity contribution is 6.68. The maximum Gasteiger partial charge on any atom is 0.328 e. The molecule has 1 saturated heterocycles. The Labute approximate surface area is 318 Å². The molecule has 0 radical (unpaired) electrons. The van der Waals surface area contributed by atoms with Crippen LogP contribution >= 0.6 is 0 Å². The highest BCUT2D eigenvalue weighted by Crippen LogP contribution is 2.45. The molecule has 2 aromatic heterocycles. The van der Waals surface area contributed by atoms with E-state index < -0.39 is 0 Å². The number of fused-ring (bicyclic) bond motifs is 1. The maximum atomic E-state index is 6.86. The highest BCUT2D eigenvalue weighted by atomic mass is 16.5. The van der Waals surface area contributed by atoms with Crippen LogP contribution in [0.5, 0.6) is 0 Å². The summed E-state index contributed by atoms with van der Waals surface area (Å²) < 4.78 is 6.86. The summed E-state index contributed by atoms with van der Waals surface area (Å²) in [5.74, 6) is 1.84. The summed E-state index contributed by atoms with van der Waals surface area (Å²) in [5, 5.41) is 1.11. The lowest BCUT2D eigenvalue weighted by Gasteiger charge is -2.34. The first-order valence-electron chi connectivity index (χ1n) is 18.6.